The summed E-state index contributed by atoms with van der Waals surface area (Å²) in [6.45, 7) is 4.47. The van der Waals surface area contributed by atoms with Crippen molar-refractivity contribution in [2.45, 2.75) is 122 Å². The number of nitrogens with zero attached hydrogens (tertiary/aromatic N) is 1. The number of carbonyl (C=O) groups is 1. The Hall–Kier alpha value is -2.58. The number of amides is 1. The number of aliphatic hydroxyl groups is 1. The second-order valence-corrected chi connectivity index (χ2v) is 15.0. The fourth-order valence-electron chi connectivity index (χ4n) is 4.47. The van der Waals surface area contributed by atoms with Gasteiger partial charge in [0.1, 0.15) is 13.2 Å². The maximum absolute atomic E-state index is 12.7. The molecule has 0 aliphatic carbocycles. The van der Waals surface area contributed by atoms with Crippen LogP contribution < -0.4 is 5.32 Å². The van der Waals surface area contributed by atoms with Gasteiger partial charge in [-0.15, -0.1) is 0 Å². The van der Waals surface area contributed by atoms with Crippen LogP contribution in [0.4, 0.5) is 0 Å². The number of aliphatic hydroxyl groups excluding tert-OH is 1. The van der Waals surface area contributed by atoms with E-state index >= 15 is 0 Å². The molecule has 3 N–H and O–H groups in total. The highest BCUT2D eigenvalue weighted by Gasteiger charge is 2.27. The predicted octanol–water partition coefficient (Wildman–Crippen LogP) is 10.0. The van der Waals surface area contributed by atoms with E-state index in [2.05, 4.69) is 104 Å². The fourth-order valence-corrected chi connectivity index (χ4v) is 5.21. The third kappa shape index (κ3) is 35.6. The monoisotopic (exact) mass is 732 g/mol. The van der Waals surface area contributed by atoms with Crippen LogP contribution in [0.15, 0.2) is 97.2 Å². The molecule has 0 rings (SSSR count). The average molecular weight is 732 g/mol. The van der Waals surface area contributed by atoms with Crippen molar-refractivity contribution in [3.05, 3.63) is 97.2 Å². The molecule has 3 unspecified atom stereocenters. The summed E-state index contributed by atoms with van der Waals surface area (Å²) in [6, 6.07) is -0.866. The van der Waals surface area contributed by atoms with Crippen molar-refractivity contribution in [2.75, 3.05) is 40.9 Å². The number of phosphoric ester groups is 1. The molecule has 0 aliphatic heterocycles. The standard InChI is InChI=1S/C42H71N2O6P/c1-6-8-10-12-13-14-15-16-17-18-19-20-21-22-23-24-25-26-27-28-29-30-31-32-34-36-42(46)43-40(41(45)35-33-11-9-7-2)39-50-51(47,48)49-38-37-44(3,4)5/h8,10,13-14,16-17,19-20,22-23,25-26,28-29,33,35,40-41,45H,6-7,9,11-12,15,18,21,24,27,30-32,34,36-39H2,1-5H3,(H-,43,46,47,48)/p+1/b10-8-,14-13-,17-16-,20-19-,23-22-,26-25-,29-28-,35-33+. The summed E-state index contributed by atoms with van der Waals surface area (Å²) in [7, 11) is 1.52. The van der Waals surface area contributed by atoms with E-state index in [4.69, 9.17) is 9.05 Å². The number of nitrogens with one attached hydrogen (secondary N) is 1. The lowest BCUT2D eigenvalue weighted by Crippen LogP contribution is -2.45. The van der Waals surface area contributed by atoms with E-state index in [0.29, 0.717) is 17.4 Å². The van der Waals surface area contributed by atoms with Gasteiger partial charge in [0.05, 0.1) is 39.9 Å². The molecule has 51 heavy (non-hydrogen) atoms. The molecule has 0 aromatic carbocycles. The van der Waals surface area contributed by atoms with Gasteiger partial charge in [-0.2, -0.15) is 0 Å². The van der Waals surface area contributed by atoms with Gasteiger partial charge in [0.25, 0.3) is 0 Å². The van der Waals surface area contributed by atoms with Crippen molar-refractivity contribution >= 4 is 13.7 Å². The maximum Gasteiger partial charge on any atom is 0.472 e. The quantitative estimate of drug-likeness (QED) is 0.0275. The summed E-state index contributed by atoms with van der Waals surface area (Å²) in [5, 5.41) is 13.5. The Balaban J connectivity index is 4.24. The Labute approximate surface area is 311 Å². The molecule has 0 bridgehead atoms. The molecule has 0 spiro atoms. The summed E-state index contributed by atoms with van der Waals surface area (Å²) >= 11 is 0. The number of rotatable bonds is 32. The molecule has 0 aromatic heterocycles. The van der Waals surface area contributed by atoms with E-state index in [9.17, 15) is 19.4 Å². The van der Waals surface area contributed by atoms with E-state index in [0.717, 1.165) is 89.9 Å². The SMILES string of the molecule is CC/C=C\C/C=C\C/C=C\C/C=C\C/C=C\C/C=C\C/C=C\CCCCCC(=O)NC(COP(=O)(O)OCC[N+](C)(C)C)C(O)/C=C/CCCC. The molecule has 0 radical (unpaired) electrons. The van der Waals surface area contributed by atoms with Gasteiger partial charge >= 0.3 is 7.82 Å². The molecule has 1 amide bonds. The van der Waals surface area contributed by atoms with Crippen LogP contribution in [-0.4, -0.2) is 73.4 Å². The van der Waals surface area contributed by atoms with Crippen molar-refractivity contribution < 1.29 is 32.9 Å². The summed E-state index contributed by atoms with van der Waals surface area (Å²) in [6.07, 6.45) is 46.8. The lowest BCUT2D eigenvalue weighted by Gasteiger charge is -2.25. The van der Waals surface area contributed by atoms with Crippen molar-refractivity contribution in [1.29, 1.82) is 0 Å². The highest BCUT2D eigenvalue weighted by molar-refractivity contribution is 7.47. The molecule has 290 valence electrons. The van der Waals surface area contributed by atoms with Crippen LogP contribution in [0.1, 0.15) is 110 Å². The van der Waals surface area contributed by atoms with Crippen LogP contribution in [0.25, 0.3) is 0 Å². The molecule has 0 saturated heterocycles. The second kappa shape index (κ2) is 33.3. The fraction of sp³-hybridized carbons (Fsp3) is 0.595. The molecule has 9 heteroatoms. The zero-order valence-electron chi connectivity index (χ0n) is 32.5. The van der Waals surface area contributed by atoms with E-state index in [-0.39, 0.29) is 19.1 Å². The number of phosphoric acid groups is 1. The van der Waals surface area contributed by atoms with Crippen molar-refractivity contribution in [1.82, 2.24) is 5.32 Å². The number of unbranched alkanes of at least 4 members (excludes halogenated alkanes) is 5. The zero-order chi connectivity index (χ0) is 37.9. The maximum atomic E-state index is 12.7. The van der Waals surface area contributed by atoms with Crippen LogP contribution in [0.2, 0.25) is 0 Å². The van der Waals surface area contributed by atoms with Crippen molar-refractivity contribution in [3.8, 4) is 0 Å². The van der Waals surface area contributed by atoms with E-state index < -0.39 is 20.0 Å². The molecule has 0 aliphatic rings. The van der Waals surface area contributed by atoms with Gasteiger partial charge in [0, 0.05) is 6.42 Å². The Morgan fingerprint density at radius 1 is 0.686 bits per heavy atom. The summed E-state index contributed by atoms with van der Waals surface area (Å²) < 4.78 is 23.2. The highest BCUT2D eigenvalue weighted by Crippen LogP contribution is 2.43. The molecule has 3 atom stereocenters. The van der Waals surface area contributed by atoms with Crippen molar-refractivity contribution in [3.63, 3.8) is 0 Å². The normalized spacial score (nSPS) is 15.7. The van der Waals surface area contributed by atoms with E-state index in [1.807, 2.05) is 27.2 Å². The van der Waals surface area contributed by atoms with Gasteiger partial charge in [-0.3, -0.25) is 13.8 Å². The summed E-state index contributed by atoms with van der Waals surface area (Å²) in [5.41, 5.74) is 0. The topological polar surface area (TPSA) is 105 Å². The minimum Gasteiger partial charge on any atom is -0.387 e. The van der Waals surface area contributed by atoms with E-state index in [1.54, 1.807) is 6.08 Å². The van der Waals surface area contributed by atoms with Gasteiger partial charge in [-0.1, -0.05) is 130 Å². The Kier molecular flexibility index (Phi) is 31.6. The van der Waals surface area contributed by atoms with Crippen LogP contribution in [-0.2, 0) is 18.4 Å². The number of hydrogen-bond acceptors (Lipinski definition) is 5. The Morgan fingerprint density at radius 2 is 1.18 bits per heavy atom. The molecule has 0 fully saturated rings. The number of quaternary nitrogens is 1. The largest absolute Gasteiger partial charge is 0.472 e. The van der Waals surface area contributed by atoms with Crippen LogP contribution in [0, 0.1) is 0 Å². The van der Waals surface area contributed by atoms with E-state index in [1.165, 1.54) is 0 Å². The van der Waals surface area contributed by atoms with Crippen molar-refractivity contribution in [2.24, 2.45) is 0 Å². The van der Waals surface area contributed by atoms with Gasteiger partial charge in [0.15, 0.2) is 0 Å². The Bertz CT molecular complexity index is 1150. The number of likely N-dealkylation sites (N-methyl/N-ethyl adjacent to an activating group) is 1. The molecule has 8 nitrogen and oxygen atoms in total. The first-order chi connectivity index (χ1) is 24.5. The van der Waals surface area contributed by atoms with Crippen LogP contribution in [0.5, 0.6) is 0 Å². The minimum absolute atomic E-state index is 0.0471. The number of hydrogen-bond donors (Lipinski definition) is 3. The summed E-state index contributed by atoms with van der Waals surface area (Å²) in [4.78, 5) is 22.8. The first-order valence-corrected chi connectivity index (χ1v) is 20.6. The smallest absolute Gasteiger partial charge is 0.387 e. The lowest BCUT2D eigenvalue weighted by molar-refractivity contribution is -0.870. The van der Waals surface area contributed by atoms with Crippen LogP contribution in [0.3, 0.4) is 0 Å². The third-order valence-corrected chi connectivity index (χ3v) is 8.54. The summed E-state index contributed by atoms with van der Waals surface area (Å²) in [5.74, 6) is -0.225. The third-order valence-electron chi connectivity index (χ3n) is 7.56. The molecule has 0 heterocycles. The second-order valence-electron chi connectivity index (χ2n) is 13.6. The van der Waals surface area contributed by atoms with Gasteiger partial charge in [0.2, 0.25) is 5.91 Å². The first-order valence-electron chi connectivity index (χ1n) is 19.1. The lowest BCUT2D eigenvalue weighted by atomic mass is 10.1. The number of carbonyl (C=O) groups excluding carboxylic acids is 1. The predicted molar refractivity (Wildman–Crippen MR) is 216 cm³/mol. The van der Waals surface area contributed by atoms with Crippen LogP contribution >= 0.6 is 7.82 Å². The molecule has 0 aromatic rings. The van der Waals surface area contributed by atoms with Gasteiger partial charge < -0.3 is 19.8 Å². The highest BCUT2D eigenvalue weighted by atomic mass is 31.2. The Morgan fingerprint density at radius 3 is 1.67 bits per heavy atom. The number of allylic oxidation sites excluding steroid dienone is 15. The molecule has 0 saturated carbocycles. The first kappa shape index (κ1) is 48.4. The molecular formula is C42H72N2O6P+. The minimum atomic E-state index is -4.33. The molecular weight excluding hydrogens is 659 g/mol. The average Bonchev–Trinajstić information content (AvgIpc) is 3.07. The van der Waals surface area contributed by atoms with Gasteiger partial charge in [-0.05, 0) is 70.6 Å². The van der Waals surface area contributed by atoms with Gasteiger partial charge in [-0.25, -0.2) is 4.57 Å². The zero-order valence-corrected chi connectivity index (χ0v) is 33.4.